The molecule has 0 bridgehead atoms. The molecular formula is C16H24N2O3. The lowest BCUT2D eigenvalue weighted by Crippen LogP contribution is -2.47. The molecule has 3 aliphatic heterocycles. The van der Waals surface area contributed by atoms with Crippen molar-refractivity contribution in [1.29, 1.82) is 0 Å². The van der Waals surface area contributed by atoms with E-state index in [9.17, 15) is 0 Å². The van der Waals surface area contributed by atoms with E-state index >= 15 is 0 Å². The molecule has 5 heteroatoms. The van der Waals surface area contributed by atoms with E-state index in [-0.39, 0.29) is 0 Å². The van der Waals surface area contributed by atoms with Crippen LogP contribution in [-0.2, 0) is 16.0 Å². The highest BCUT2D eigenvalue weighted by Gasteiger charge is 2.51. The summed E-state index contributed by atoms with van der Waals surface area (Å²) >= 11 is 0. The molecule has 1 aromatic rings. The number of morpholine rings is 1. The zero-order valence-electron chi connectivity index (χ0n) is 12.5. The molecule has 3 saturated heterocycles. The zero-order valence-corrected chi connectivity index (χ0v) is 12.5. The minimum atomic E-state index is 0.309. The lowest BCUT2D eigenvalue weighted by molar-refractivity contribution is 0.0101. The molecule has 3 aliphatic rings. The smallest absolute Gasteiger partial charge is 0.117 e. The van der Waals surface area contributed by atoms with Crippen LogP contribution in [0.2, 0.25) is 0 Å². The highest BCUT2D eigenvalue weighted by atomic mass is 16.5. The van der Waals surface area contributed by atoms with Gasteiger partial charge in [-0.3, -0.25) is 9.80 Å². The fraction of sp³-hybridized carbons (Fsp3) is 0.750. The third-order valence-corrected chi connectivity index (χ3v) is 5.19. The first kappa shape index (κ1) is 13.8. The lowest BCUT2D eigenvalue weighted by Gasteiger charge is -2.36. The van der Waals surface area contributed by atoms with E-state index in [1.54, 1.807) is 6.26 Å². The van der Waals surface area contributed by atoms with Crippen molar-refractivity contribution in [2.45, 2.75) is 6.54 Å². The summed E-state index contributed by atoms with van der Waals surface area (Å²) in [5.41, 5.74) is 0.309. The molecular weight excluding hydrogens is 268 g/mol. The number of hydrogen-bond acceptors (Lipinski definition) is 5. The third kappa shape index (κ3) is 2.75. The largest absolute Gasteiger partial charge is 0.468 e. The highest BCUT2D eigenvalue weighted by Crippen LogP contribution is 2.42. The monoisotopic (exact) mass is 292 g/mol. The van der Waals surface area contributed by atoms with E-state index < -0.39 is 0 Å². The Kier molecular flexibility index (Phi) is 3.75. The SMILES string of the molecule is c1coc(CN2C[C@@H]3COC[C@]3(CN3CCOCC3)C2)c1. The first-order chi connectivity index (χ1) is 10.3. The molecule has 0 unspecified atom stereocenters. The molecule has 116 valence electrons. The Morgan fingerprint density at radius 1 is 1.19 bits per heavy atom. The highest BCUT2D eigenvalue weighted by molar-refractivity contribution is 5.05. The maximum atomic E-state index is 5.83. The van der Waals surface area contributed by atoms with Crippen LogP contribution in [0.15, 0.2) is 22.8 Å². The zero-order chi connectivity index (χ0) is 14.1. The van der Waals surface area contributed by atoms with E-state index in [1.165, 1.54) is 0 Å². The van der Waals surface area contributed by atoms with Crippen LogP contribution >= 0.6 is 0 Å². The van der Waals surface area contributed by atoms with Crippen molar-refractivity contribution in [2.75, 3.05) is 59.2 Å². The summed E-state index contributed by atoms with van der Waals surface area (Å²) in [6, 6.07) is 4.04. The van der Waals surface area contributed by atoms with Crippen LogP contribution in [0.5, 0.6) is 0 Å². The van der Waals surface area contributed by atoms with Crippen LogP contribution in [0.25, 0.3) is 0 Å². The normalized spacial score (nSPS) is 34.4. The number of rotatable bonds is 4. The maximum Gasteiger partial charge on any atom is 0.117 e. The molecule has 1 aromatic heterocycles. The van der Waals surface area contributed by atoms with Gasteiger partial charge in [0.25, 0.3) is 0 Å². The number of fused-ring (bicyclic) bond motifs is 1. The second-order valence-electron chi connectivity index (χ2n) is 6.71. The summed E-state index contributed by atoms with van der Waals surface area (Å²) < 4.78 is 16.8. The van der Waals surface area contributed by atoms with Crippen LogP contribution in [0.1, 0.15) is 5.76 Å². The molecule has 2 atom stereocenters. The molecule has 0 amide bonds. The summed E-state index contributed by atoms with van der Waals surface area (Å²) in [5, 5.41) is 0. The Balaban J connectivity index is 1.42. The Morgan fingerprint density at radius 3 is 2.90 bits per heavy atom. The Bertz CT molecular complexity index is 458. The van der Waals surface area contributed by atoms with E-state index in [2.05, 4.69) is 15.9 Å². The van der Waals surface area contributed by atoms with Gasteiger partial charge in [0.15, 0.2) is 0 Å². The first-order valence-corrected chi connectivity index (χ1v) is 7.97. The first-order valence-electron chi connectivity index (χ1n) is 7.97. The molecule has 4 rings (SSSR count). The van der Waals surface area contributed by atoms with Gasteiger partial charge in [-0.25, -0.2) is 0 Å². The Hall–Kier alpha value is -0.880. The fourth-order valence-corrected chi connectivity index (χ4v) is 4.11. The molecule has 21 heavy (non-hydrogen) atoms. The van der Waals surface area contributed by atoms with Crippen molar-refractivity contribution >= 4 is 0 Å². The van der Waals surface area contributed by atoms with Crippen molar-refractivity contribution in [3.8, 4) is 0 Å². The van der Waals surface area contributed by atoms with Gasteiger partial charge in [0.1, 0.15) is 5.76 Å². The van der Waals surface area contributed by atoms with Gasteiger partial charge < -0.3 is 13.9 Å². The Morgan fingerprint density at radius 2 is 2.10 bits per heavy atom. The number of hydrogen-bond donors (Lipinski definition) is 0. The van der Waals surface area contributed by atoms with Crippen molar-refractivity contribution in [2.24, 2.45) is 11.3 Å². The van der Waals surface area contributed by atoms with Gasteiger partial charge >= 0.3 is 0 Å². The van der Waals surface area contributed by atoms with Crippen molar-refractivity contribution in [1.82, 2.24) is 9.80 Å². The lowest BCUT2D eigenvalue weighted by atomic mass is 9.80. The standard InChI is InChI=1S/C16H24N2O3/c1-2-15(21-5-1)9-18-8-14-10-20-13-16(14,12-18)11-17-3-6-19-7-4-17/h1-2,5,14H,3-4,6-13H2/t14-,16+/m1/s1. The van der Waals surface area contributed by atoms with Gasteiger partial charge in [0, 0.05) is 44.1 Å². The molecule has 0 spiro atoms. The Labute approximate surface area is 125 Å². The summed E-state index contributed by atoms with van der Waals surface area (Å²) in [7, 11) is 0. The van der Waals surface area contributed by atoms with Gasteiger partial charge in [-0.2, -0.15) is 0 Å². The van der Waals surface area contributed by atoms with Crippen LogP contribution < -0.4 is 0 Å². The van der Waals surface area contributed by atoms with Crippen LogP contribution in [0, 0.1) is 11.3 Å². The van der Waals surface area contributed by atoms with E-state index in [4.69, 9.17) is 13.9 Å². The number of ether oxygens (including phenoxy) is 2. The van der Waals surface area contributed by atoms with Crippen molar-refractivity contribution in [3.63, 3.8) is 0 Å². The average Bonchev–Trinajstić information content (AvgIpc) is 3.16. The molecule has 0 aromatic carbocycles. The molecule has 3 fully saturated rings. The summed E-state index contributed by atoms with van der Waals surface area (Å²) in [6.07, 6.45) is 1.76. The molecule has 0 aliphatic carbocycles. The molecule has 0 saturated carbocycles. The minimum Gasteiger partial charge on any atom is -0.468 e. The molecule has 0 radical (unpaired) electrons. The third-order valence-electron chi connectivity index (χ3n) is 5.19. The van der Waals surface area contributed by atoms with Crippen molar-refractivity contribution < 1.29 is 13.9 Å². The predicted molar refractivity (Wildman–Crippen MR) is 78.0 cm³/mol. The molecule has 0 N–H and O–H groups in total. The van der Waals surface area contributed by atoms with E-state index in [0.717, 1.165) is 71.5 Å². The van der Waals surface area contributed by atoms with Crippen LogP contribution in [-0.4, -0.2) is 69.0 Å². The quantitative estimate of drug-likeness (QED) is 0.829. The number of nitrogens with zero attached hydrogens (tertiary/aromatic N) is 2. The van der Waals surface area contributed by atoms with Gasteiger partial charge in [0.05, 0.1) is 39.2 Å². The van der Waals surface area contributed by atoms with Crippen molar-refractivity contribution in [3.05, 3.63) is 24.2 Å². The van der Waals surface area contributed by atoms with Gasteiger partial charge in [-0.15, -0.1) is 0 Å². The van der Waals surface area contributed by atoms with Gasteiger partial charge in [-0.05, 0) is 12.1 Å². The molecule has 4 heterocycles. The topological polar surface area (TPSA) is 38.1 Å². The fourth-order valence-electron chi connectivity index (χ4n) is 4.11. The maximum absolute atomic E-state index is 5.83. The predicted octanol–water partition coefficient (Wildman–Crippen LogP) is 1.06. The summed E-state index contributed by atoms with van der Waals surface area (Å²) in [5.74, 6) is 1.73. The number of furan rings is 1. The van der Waals surface area contributed by atoms with E-state index in [0.29, 0.717) is 11.3 Å². The van der Waals surface area contributed by atoms with Crippen LogP contribution in [0.3, 0.4) is 0 Å². The summed E-state index contributed by atoms with van der Waals surface area (Å²) in [6.45, 7) is 10.0. The second-order valence-corrected chi connectivity index (χ2v) is 6.71. The van der Waals surface area contributed by atoms with E-state index in [1.807, 2.05) is 6.07 Å². The second kappa shape index (κ2) is 5.72. The van der Waals surface area contributed by atoms with Gasteiger partial charge in [-0.1, -0.05) is 0 Å². The average molecular weight is 292 g/mol. The molecule has 5 nitrogen and oxygen atoms in total. The summed E-state index contributed by atoms with van der Waals surface area (Å²) in [4.78, 5) is 5.09. The minimum absolute atomic E-state index is 0.309. The van der Waals surface area contributed by atoms with Crippen LogP contribution in [0.4, 0.5) is 0 Å². The van der Waals surface area contributed by atoms with Gasteiger partial charge in [0.2, 0.25) is 0 Å². The number of likely N-dealkylation sites (tertiary alicyclic amines) is 1.